The van der Waals surface area contributed by atoms with E-state index in [-0.39, 0.29) is 50.7 Å². The van der Waals surface area contributed by atoms with Gasteiger partial charge in [-0.25, -0.2) is 22.8 Å². The summed E-state index contributed by atoms with van der Waals surface area (Å²) in [5, 5.41) is 0. The summed E-state index contributed by atoms with van der Waals surface area (Å²) in [7, 11) is 0. The summed E-state index contributed by atoms with van der Waals surface area (Å²) in [4.78, 5) is 0. The third-order valence-electron chi connectivity index (χ3n) is 2.51. The summed E-state index contributed by atoms with van der Waals surface area (Å²) in [6.45, 7) is 6.39. The summed E-state index contributed by atoms with van der Waals surface area (Å²) in [6, 6.07) is 0. The van der Waals surface area contributed by atoms with Gasteiger partial charge in [-0.2, -0.15) is 12.2 Å². The van der Waals surface area contributed by atoms with Gasteiger partial charge in [0.15, 0.2) is 0 Å². The second-order valence-corrected chi connectivity index (χ2v) is 3.62. The maximum absolute atomic E-state index is 3.21. The van der Waals surface area contributed by atoms with Gasteiger partial charge in [0, 0.05) is 0 Å². The van der Waals surface area contributed by atoms with Crippen molar-refractivity contribution in [1.29, 1.82) is 0 Å². The Morgan fingerprint density at radius 1 is 1.24 bits per heavy atom. The van der Waals surface area contributed by atoms with E-state index in [4.69, 9.17) is 0 Å². The fourth-order valence-corrected chi connectivity index (χ4v) is 1.33. The third kappa shape index (κ3) is 9.04. The number of allylic oxidation sites excluding steroid dienone is 8. The minimum Gasteiger partial charge on any atom is -1.00 e. The molecule has 2 rings (SSSR count). The van der Waals surface area contributed by atoms with Gasteiger partial charge < -0.3 is 24.8 Å². The molecule has 0 spiro atoms. The van der Waals surface area contributed by atoms with Crippen molar-refractivity contribution in [1.82, 2.24) is 0 Å². The summed E-state index contributed by atoms with van der Waals surface area (Å²) in [6.07, 6.45) is 16.0. The summed E-state index contributed by atoms with van der Waals surface area (Å²) in [5.74, 6) is 0. The maximum Gasteiger partial charge on any atom is 4.00 e. The molecule has 3 heteroatoms. The van der Waals surface area contributed by atoms with E-state index in [9.17, 15) is 0 Å². The van der Waals surface area contributed by atoms with Crippen LogP contribution in [0.1, 0.15) is 40.0 Å². The molecule has 0 bridgehead atoms. The van der Waals surface area contributed by atoms with E-state index in [1.807, 2.05) is 0 Å². The minimum atomic E-state index is 0. The summed E-state index contributed by atoms with van der Waals surface area (Å²) < 4.78 is 0. The standard InChI is InChI=1S/2C7H9.2ClH.Hf/c1-6-4-3-5-7(6)2;1-2-7-5-3-4-6-7;;;/h3H,4H2,1-2H3;3,5H,2,4H2,1H3;2*1H;/q2*-1;;;+4/p-2. The van der Waals surface area contributed by atoms with Crippen molar-refractivity contribution in [3.63, 3.8) is 0 Å². The molecule has 17 heavy (non-hydrogen) atoms. The zero-order chi connectivity index (χ0) is 10.4. The molecule has 0 aromatic heterocycles. The van der Waals surface area contributed by atoms with Crippen LogP contribution in [-0.4, -0.2) is 0 Å². The first-order valence-corrected chi connectivity index (χ1v) is 5.24. The molecule has 0 nitrogen and oxygen atoms in total. The Morgan fingerprint density at radius 3 is 2.06 bits per heavy atom. The molecule has 0 saturated carbocycles. The number of hydrogen-bond donors (Lipinski definition) is 0. The first kappa shape index (κ1) is 22.6. The third-order valence-corrected chi connectivity index (χ3v) is 2.51. The molecule has 2 aliphatic carbocycles. The van der Waals surface area contributed by atoms with Crippen molar-refractivity contribution in [3.8, 4) is 0 Å². The zero-order valence-electron chi connectivity index (χ0n) is 10.6. The molecule has 0 saturated heterocycles. The van der Waals surface area contributed by atoms with Crippen LogP contribution < -0.4 is 24.8 Å². The molecule has 0 aliphatic heterocycles. The Balaban J connectivity index is -0.000000196. The van der Waals surface area contributed by atoms with Gasteiger partial charge in [0.1, 0.15) is 0 Å². The molecular weight excluding hydrogens is 418 g/mol. The second-order valence-electron chi connectivity index (χ2n) is 3.62. The molecule has 0 atom stereocenters. The van der Waals surface area contributed by atoms with Crippen molar-refractivity contribution in [2.75, 3.05) is 0 Å². The van der Waals surface area contributed by atoms with Crippen LogP contribution in [0.5, 0.6) is 0 Å². The molecule has 0 N–H and O–H groups in total. The van der Waals surface area contributed by atoms with E-state index in [2.05, 4.69) is 51.2 Å². The van der Waals surface area contributed by atoms with Gasteiger partial charge in [-0.05, 0) is 0 Å². The monoisotopic (exact) mass is 436 g/mol. The van der Waals surface area contributed by atoms with Crippen molar-refractivity contribution in [2.24, 2.45) is 0 Å². The maximum atomic E-state index is 3.21. The molecule has 0 amide bonds. The average Bonchev–Trinajstić information content (AvgIpc) is 2.80. The quantitative estimate of drug-likeness (QED) is 0.336. The molecular formula is C14H18Cl2Hf. The Kier molecular flexibility index (Phi) is 17.1. The van der Waals surface area contributed by atoms with Gasteiger partial charge in [-0.15, -0.1) is 13.3 Å². The largest absolute Gasteiger partial charge is 4.00 e. The molecule has 92 valence electrons. The summed E-state index contributed by atoms with van der Waals surface area (Å²) in [5.41, 5.74) is 4.14. The first-order chi connectivity index (χ1) is 6.74. The van der Waals surface area contributed by atoms with E-state index >= 15 is 0 Å². The SMILES string of the molecule is CC1=C(C)CC=[C-]1.CCC1=[C-]CC=C1.[Cl-].[Cl-].[Hf+4]. The topological polar surface area (TPSA) is 0 Å². The number of hydrogen-bond acceptors (Lipinski definition) is 0. The van der Waals surface area contributed by atoms with Gasteiger partial charge in [-0.1, -0.05) is 26.7 Å². The van der Waals surface area contributed by atoms with Crippen LogP contribution >= 0.6 is 0 Å². The van der Waals surface area contributed by atoms with Gasteiger partial charge >= 0.3 is 25.8 Å². The van der Waals surface area contributed by atoms with Crippen molar-refractivity contribution < 1.29 is 50.7 Å². The van der Waals surface area contributed by atoms with Crippen LogP contribution in [0.2, 0.25) is 0 Å². The fourth-order valence-electron chi connectivity index (χ4n) is 1.33. The first-order valence-electron chi connectivity index (χ1n) is 5.24. The number of rotatable bonds is 1. The van der Waals surface area contributed by atoms with E-state index in [1.165, 1.54) is 16.7 Å². The van der Waals surface area contributed by atoms with Crippen molar-refractivity contribution in [2.45, 2.75) is 40.0 Å². The Morgan fingerprint density at radius 2 is 1.88 bits per heavy atom. The van der Waals surface area contributed by atoms with Gasteiger partial charge in [0.25, 0.3) is 0 Å². The Hall–Kier alpha value is 0.410. The Bertz CT molecular complexity index is 312. The molecule has 0 aromatic rings. The van der Waals surface area contributed by atoms with Crippen LogP contribution in [0.3, 0.4) is 0 Å². The molecule has 0 fully saturated rings. The van der Waals surface area contributed by atoms with E-state index < -0.39 is 0 Å². The van der Waals surface area contributed by atoms with Crippen LogP contribution in [0.4, 0.5) is 0 Å². The van der Waals surface area contributed by atoms with Crippen LogP contribution in [0, 0.1) is 12.2 Å². The molecule has 0 aromatic carbocycles. The molecule has 0 heterocycles. The molecule has 0 radical (unpaired) electrons. The minimum absolute atomic E-state index is 0. The van der Waals surface area contributed by atoms with Gasteiger partial charge in [0.2, 0.25) is 0 Å². The normalized spacial score (nSPS) is 15.1. The van der Waals surface area contributed by atoms with Crippen molar-refractivity contribution >= 4 is 0 Å². The van der Waals surface area contributed by atoms with Gasteiger partial charge in [-0.3, -0.25) is 12.2 Å². The van der Waals surface area contributed by atoms with E-state index in [0.717, 1.165) is 19.3 Å². The number of halogens is 2. The average molecular weight is 436 g/mol. The van der Waals surface area contributed by atoms with Crippen molar-refractivity contribution in [3.05, 3.63) is 47.1 Å². The zero-order valence-corrected chi connectivity index (χ0v) is 15.7. The fraction of sp³-hybridized carbons (Fsp3) is 0.429. The predicted molar refractivity (Wildman–Crippen MR) is 61.6 cm³/mol. The smallest absolute Gasteiger partial charge is 1.00 e. The van der Waals surface area contributed by atoms with Crippen LogP contribution in [-0.2, 0) is 25.8 Å². The Labute approximate surface area is 137 Å². The summed E-state index contributed by atoms with van der Waals surface area (Å²) >= 11 is 0. The molecule has 2 aliphatic rings. The predicted octanol–water partition coefficient (Wildman–Crippen LogP) is -1.82. The van der Waals surface area contributed by atoms with E-state index in [1.54, 1.807) is 0 Å². The van der Waals surface area contributed by atoms with Crippen LogP contribution in [0.25, 0.3) is 0 Å². The molecule has 0 unspecified atom stereocenters. The van der Waals surface area contributed by atoms with Crippen LogP contribution in [0.15, 0.2) is 34.9 Å². The second kappa shape index (κ2) is 12.9. The van der Waals surface area contributed by atoms with E-state index in [0.29, 0.717) is 0 Å². The van der Waals surface area contributed by atoms with Gasteiger partial charge in [0.05, 0.1) is 0 Å².